The summed E-state index contributed by atoms with van der Waals surface area (Å²) in [5.74, 6) is 0.0324. The van der Waals surface area contributed by atoms with Gasteiger partial charge in [0.05, 0.1) is 5.69 Å². The van der Waals surface area contributed by atoms with Gasteiger partial charge in [0.25, 0.3) is 11.3 Å². The third kappa shape index (κ3) is 2.91. The van der Waals surface area contributed by atoms with Crippen LogP contribution in [-0.2, 0) is 4.79 Å². The molecule has 1 aromatic carbocycles. The number of benzene rings is 1. The number of hydrogen-bond donors (Lipinski definition) is 1. The molecule has 1 atom stereocenters. The van der Waals surface area contributed by atoms with Crippen molar-refractivity contribution in [3.05, 3.63) is 50.7 Å². The Morgan fingerprint density at radius 1 is 1.32 bits per heavy atom. The Morgan fingerprint density at radius 3 is 2.76 bits per heavy atom. The molecule has 3 aromatic rings. The van der Waals surface area contributed by atoms with Crippen LogP contribution in [0.15, 0.2) is 27.5 Å². The lowest BCUT2D eigenvalue weighted by Crippen LogP contribution is -2.34. The Hall–Kier alpha value is -2.67. The second-order valence-electron chi connectivity index (χ2n) is 5.86. The molecule has 2 aromatic heterocycles. The number of anilines is 1. The van der Waals surface area contributed by atoms with Crippen molar-refractivity contribution in [3.63, 3.8) is 0 Å². The van der Waals surface area contributed by atoms with E-state index in [0.717, 1.165) is 5.56 Å². The van der Waals surface area contributed by atoms with Gasteiger partial charge >= 0.3 is 0 Å². The zero-order valence-corrected chi connectivity index (χ0v) is 15.0. The number of aryl methyl sites for hydroxylation is 2. The fourth-order valence-electron chi connectivity index (χ4n) is 2.70. The summed E-state index contributed by atoms with van der Waals surface area (Å²) in [6.07, 6.45) is 0. The molecule has 0 aliphatic heterocycles. The lowest BCUT2D eigenvalue weighted by Gasteiger charge is -2.18. The van der Waals surface area contributed by atoms with Crippen LogP contribution in [0.2, 0.25) is 5.02 Å². The molecule has 8 heteroatoms. The molecule has 2 heterocycles. The number of hydrogen-bond acceptors (Lipinski definition) is 5. The van der Waals surface area contributed by atoms with Gasteiger partial charge in [-0.2, -0.15) is 4.98 Å². The van der Waals surface area contributed by atoms with Crippen LogP contribution in [0.3, 0.4) is 0 Å². The molecule has 0 saturated carbocycles. The molecule has 1 amide bonds. The topological polar surface area (TPSA) is 90.0 Å². The number of amides is 1. The molecule has 130 valence electrons. The first-order chi connectivity index (χ1) is 11.8. The number of nitrogens with zero attached hydrogens (tertiary/aromatic N) is 3. The second-order valence-corrected chi connectivity index (χ2v) is 6.27. The minimum atomic E-state index is -0.767. The van der Waals surface area contributed by atoms with E-state index in [0.29, 0.717) is 22.2 Å². The molecule has 0 fully saturated rings. The normalized spacial score (nSPS) is 12.4. The number of fused-ring (bicyclic) bond motifs is 1. The third-order valence-corrected chi connectivity index (χ3v) is 4.59. The molecule has 0 radical (unpaired) electrons. The first kappa shape index (κ1) is 17.2. The number of aromatic nitrogens is 3. The maximum absolute atomic E-state index is 12.8. The van der Waals surface area contributed by atoms with Gasteiger partial charge < -0.3 is 9.84 Å². The molecule has 1 N–H and O–H groups in total. The van der Waals surface area contributed by atoms with Crippen molar-refractivity contribution < 1.29 is 9.32 Å². The smallest absolute Gasteiger partial charge is 0.267 e. The molecule has 25 heavy (non-hydrogen) atoms. The third-order valence-electron chi connectivity index (χ3n) is 4.18. The van der Waals surface area contributed by atoms with Crippen molar-refractivity contribution in [3.8, 4) is 0 Å². The molecule has 0 saturated heterocycles. The first-order valence-corrected chi connectivity index (χ1v) is 8.10. The van der Waals surface area contributed by atoms with Gasteiger partial charge in [0.1, 0.15) is 17.3 Å². The van der Waals surface area contributed by atoms with Gasteiger partial charge in [-0.25, -0.2) is 0 Å². The zero-order chi connectivity index (χ0) is 18.3. The summed E-state index contributed by atoms with van der Waals surface area (Å²) in [7, 11) is 0. The van der Waals surface area contributed by atoms with E-state index in [4.69, 9.17) is 16.1 Å². The zero-order valence-electron chi connectivity index (χ0n) is 14.3. The van der Waals surface area contributed by atoms with Crippen LogP contribution in [-0.4, -0.2) is 20.6 Å². The van der Waals surface area contributed by atoms with E-state index in [1.807, 2.05) is 6.92 Å². The minimum Gasteiger partial charge on any atom is -0.335 e. The van der Waals surface area contributed by atoms with E-state index < -0.39 is 6.04 Å². The SMILES string of the molecule is Cc1c(Cl)cccc1NC(=O)[C@@H](C)n1c(C)nc2onc(C)c2c1=O. The van der Waals surface area contributed by atoms with Crippen LogP contribution in [0.25, 0.3) is 11.1 Å². The van der Waals surface area contributed by atoms with Gasteiger partial charge in [-0.1, -0.05) is 22.8 Å². The predicted octanol–water partition coefficient (Wildman–Crippen LogP) is 3.16. The standard InChI is InChI=1S/C17H17ClN4O3/c1-8-12(18)6-5-7-13(8)20-15(23)10(3)22-11(4)19-16-14(17(22)24)9(2)21-25-16/h5-7,10H,1-4H3,(H,20,23)/t10-/m1/s1. The fraction of sp³-hybridized carbons (Fsp3) is 0.294. The van der Waals surface area contributed by atoms with Crippen molar-refractivity contribution in [1.29, 1.82) is 0 Å². The van der Waals surface area contributed by atoms with Gasteiger partial charge in [0, 0.05) is 10.7 Å². The van der Waals surface area contributed by atoms with Crippen molar-refractivity contribution >= 4 is 34.3 Å². The molecular weight excluding hydrogens is 344 g/mol. The lowest BCUT2D eigenvalue weighted by molar-refractivity contribution is -0.118. The quantitative estimate of drug-likeness (QED) is 0.774. The molecular formula is C17H17ClN4O3. The number of rotatable bonds is 3. The summed E-state index contributed by atoms with van der Waals surface area (Å²) >= 11 is 6.08. The second kappa shape index (κ2) is 6.33. The van der Waals surface area contributed by atoms with E-state index in [-0.39, 0.29) is 22.6 Å². The van der Waals surface area contributed by atoms with Gasteiger partial charge in [0.2, 0.25) is 5.91 Å². The highest BCUT2D eigenvalue weighted by atomic mass is 35.5. The molecule has 0 bridgehead atoms. The maximum atomic E-state index is 12.8. The van der Waals surface area contributed by atoms with Crippen LogP contribution in [0, 0.1) is 20.8 Å². The number of nitrogens with one attached hydrogen (secondary N) is 1. The Kier molecular flexibility index (Phi) is 4.34. The Labute approximate surface area is 148 Å². The molecule has 0 unspecified atom stereocenters. The van der Waals surface area contributed by atoms with Gasteiger partial charge in [0.15, 0.2) is 0 Å². The summed E-state index contributed by atoms with van der Waals surface area (Å²) in [5.41, 5.74) is 1.63. The molecule has 0 spiro atoms. The largest absolute Gasteiger partial charge is 0.335 e. The molecule has 0 aliphatic carbocycles. The van der Waals surface area contributed by atoms with E-state index in [2.05, 4.69) is 15.5 Å². The average molecular weight is 361 g/mol. The number of carbonyl (C=O) groups excluding carboxylic acids is 1. The van der Waals surface area contributed by atoms with Crippen molar-refractivity contribution in [2.45, 2.75) is 33.7 Å². The van der Waals surface area contributed by atoms with E-state index >= 15 is 0 Å². The molecule has 0 aliphatic rings. The van der Waals surface area contributed by atoms with E-state index in [9.17, 15) is 9.59 Å². The highest BCUT2D eigenvalue weighted by Gasteiger charge is 2.23. The maximum Gasteiger partial charge on any atom is 0.267 e. The minimum absolute atomic E-state index is 0.176. The highest BCUT2D eigenvalue weighted by molar-refractivity contribution is 6.31. The van der Waals surface area contributed by atoms with E-state index in [1.54, 1.807) is 39.0 Å². The van der Waals surface area contributed by atoms with Crippen LogP contribution >= 0.6 is 11.6 Å². The summed E-state index contributed by atoms with van der Waals surface area (Å²) < 4.78 is 6.38. The Bertz CT molecular complexity index is 1040. The first-order valence-electron chi connectivity index (χ1n) is 7.72. The predicted molar refractivity (Wildman–Crippen MR) is 95.1 cm³/mol. The molecule has 3 rings (SSSR count). The average Bonchev–Trinajstić information content (AvgIpc) is 2.92. The lowest BCUT2D eigenvalue weighted by atomic mass is 10.2. The van der Waals surface area contributed by atoms with Crippen molar-refractivity contribution in [1.82, 2.24) is 14.7 Å². The Balaban J connectivity index is 2.00. The van der Waals surface area contributed by atoms with Crippen molar-refractivity contribution in [2.75, 3.05) is 5.32 Å². The van der Waals surface area contributed by atoms with Crippen LogP contribution < -0.4 is 10.9 Å². The number of halogens is 1. The summed E-state index contributed by atoms with van der Waals surface area (Å²) in [6, 6.07) is 4.49. The van der Waals surface area contributed by atoms with Gasteiger partial charge in [-0.3, -0.25) is 14.2 Å². The summed E-state index contributed by atoms with van der Waals surface area (Å²) in [6.45, 7) is 6.76. The molecule has 7 nitrogen and oxygen atoms in total. The van der Waals surface area contributed by atoms with Crippen molar-refractivity contribution in [2.24, 2.45) is 0 Å². The summed E-state index contributed by atoms with van der Waals surface area (Å²) in [5, 5.41) is 7.42. The van der Waals surface area contributed by atoms with Crippen LogP contribution in [0.5, 0.6) is 0 Å². The van der Waals surface area contributed by atoms with Crippen LogP contribution in [0.1, 0.15) is 30.0 Å². The highest BCUT2D eigenvalue weighted by Crippen LogP contribution is 2.24. The van der Waals surface area contributed by atoms with E-state index in [1.165, 1.54) is 4.57 Å². The van der Waals surface area contributed by atoms with Gasteiger partial charge in [-0.05, 0) is 45.4 Å². The van der Waals surface area contributed by atoms with Gasteiger partial charge in [-0.15, -0.1) is 0 Å². The number of carbonyl (C=O) groups is 1. The summed E-state index contributed by atoms with van der Waals surface area (Å²) in [4.78, 5) is 29.7. The monoisotopic (exact) mass is 360 g/mol. The van der Waals surface area contributed by atoms with Crippen LogP contribution in [0.4, 0.5) is 5.69 Å². The fourth-order valence-corrected chi connectivity index (χ4v) is 2.88. The Morgan fingerprint density at radius 2 is 2.04 bits per heavy atom.